The SMILES string of the molecule is COCCN1CCCC(CNC(=O)c2cnc3c(c2)N(Cc2ccccc2)C(=O)CN3)C1. The van der Waals surface area contributed by atoms with Crippen molar-refractivity contribution in [2.24, 2.45) is 5.92 Å². The maximum atomic E-state index is 12.9. The van der Waals surface area contributed by atoms with E-state index in [9.17, 15) is 9.59 Å². The molecule has 0 aliphatic carbocycles. The highest BCUT2D eigenvalue weighted by molar-refractivity contribution is 6.04. The molecule has 8 heteroatoms. The average molecular weight is 438 g/mol. The van der Waals surface area contributed by atoms with Crippen molar-refractivity contribution in [3.05, 3.63) is 53.7 Å². The number of methoxy groups -OCH3 is 1. The molecule has 4 rings (SSSR count). The fourth-order valence-corrected chi connectivity index (χ4v) is 4.33. The third kappa shape index (κ3) is 5.44. The first kappa shape index (κ1) is 22.2. The lowest BCUT2D eigenvalue weighted by atomic mass is 9.98. The van der Waals surface area contributed by atoms with Gasteiger partial charge in [-0.2, -0.15) is 0 Å². The number of hydrogen-bond donors (Lipinski definition) is 2. The number of amides is 2. The first-order valence-electron chi connectivity index (χ1n) is 11.2. The summed E-state index contributed by atoms with van der Waals surface area (Å²) < 4.78 is 5.18. The number of hydrogen-bond acceptors (Lipinski definition) is 6. The number of pyridine rings is 1. The summed E-state index contributed by atoms with van der Waals surface area (Å²) in [5.74, 6) is 0.845. The molecule has 8 nitrogen and oxygen atoms in total. The highest BCUT2D eigenvalue weighted by atomic mass is 16.5. The number of piperidine rings is 1. The zero-order chi connectivity index (χ0) is 22.3. The smallest absolute Gasteiger partial charge is 0.252 e. The molecule has 2 amide bonds. The van der Waals surface area contributed by atoms with E-state index in [0.717, 1.165) is 44.6 Å². The number of rotatable bonds is 8. The van der Waals surface area contributed by atoms with Crippen LogP contribution >= 0.6 is 0 Å². The average Bonchev–Trinajstić information content (AvgIpc) is 2.83. The molecule has 3 heterocycles. The number of nitrogens with zero attached hydrogens (tertiary/aromatic N) is 3. The van der Waals surface area contributed by atoms with Gasteiger partial charge >= 0.3 is 0 Å². The monoisotopic (exact) mass is 437 g/mol. The third-order valence-corrected chi connectivity index (χ3v) is 6.08. The minimum atomic E-state index is -0.160. The molecule has 1 fully saturated rings. The van der Waals surface area contributed by atoms with E-state index in [2.05, 4.69) is 20.5 Å². The fraction of sp³-hybridized carbons (Fsp3) is 0.458. The molecule has 0 radical (unpaired) electrons. The molecular weight excluding hydrogens is 406 g/mol. The Kier molecular flexibility index (Phi) is 7.34. The molecule has 2 N–H and O–H groups in total. The van der Waals surface area contributed by atoms with Crippen LogP contribution in [0.3, 0.4) is 0 Å². The highest BCUT2D eigenvalue weighted by Gasteiger charge is 2.27. The second-order valence-electron chi connectivity index (χ2n) is 8.42. The molecule has 32 heavy (non-hydrogen) atoms. The summed E-state index contributed by atoms with van der Waals surface area (Å²) in [6.45, 7) is 4.97. The molecule has 0 bridgehead atoms. The lowest BCUT2D eigenvalue weighted by Gasteiger charge is -2.32. The van der Waals surface area contributed by atoms with Crippen LogP contribution in [0.1, 0.15) is 28.8 Å². The van der Waals surface area contributed by atoms with E-state index in [1.807, 2.05) is 30.3 Å². The van der Waals surface area contributed by atoms with E-state index in [-0.39, 0.29) is 18.4 Å². The Morgan fingerprint density at radius 2 is 2.16 bits per heavy atom. The maximum absolute atomic E-state index is 12.9. The van der Waals surface area contributed by atoms with Crippen LogP contribution in [-0.2, 0) is 16.1 Å². The van der Waals surface area contributed by atoms with Crippen LogP contribution in [0.25, 0.3) is 0 Å². The normalized spacial score (nSPS) is 18.7. The summed E-state index contributed by atoms with van der Waals surface area (Å²) in [5, 5.41) is 6.12. The van der Waals surface area contributed by atoms with Crippen LogP contribution in [0.2, 0.25) is 0 Å². The van der Waals surface area contributed by atoms with Crippen LogP contribution < -0.4 is 15.5 Å². The van der Waals surface area contributed by atoms with Crippen molar-refractivity contribution in [1.29, 1.82) is 0 Å². The largest absolute Gasteiger partial charge is 0.383 e. The van der Waals surface area contributed by atoms with Crippen molar-refractivity contribution < 1.29 is 14.3 Å². The molecule has 170 valence electrons. The van der Waals surface area contributed by atoms with Gasteiger partial charge in [-0.1, -0.05) is 30.3 Å². The van der Waals surface area contributed by atoms with E-state index in [4.69, 9.17) is 4.74 Å². The van der Waals surface area contributed by atoms with Crippen LogP contribution in [0.4, 0.5) is 11.5 Å². The Hall–Kier alpha value is -2.97. The number of likely N-dealkylation sites (tertiary alicyclic amines) is 1. The van der Waals surface area contributed by atoms with Gasteiger partial charge in [0, 0.05) is 32.9 Å². The van der Waals surface area contributed by atoms with E-state index in [0.29, 0.717) is 36.1 Å². The summed E-state index contributed by atoms with van der Waals surface area (Å²) >= 11 is 0. The van der Waals surface area contributed by atoms with Crippen molar-refractivity contribution >= 4 is 23.3 Å². The van der Waals surface area contributed by atoms with Gasteiger partial charge in [-0.3, -0.25) is 9.59 Å². The second kappa shape index (κ2) is 10.6. The Balaban J connectivity index is 1.41. The minimum absolute atomic E-state index is 0.0425. The molecule has 2 aliphatic heterocycles. The number of carbonyl (C=O) groups is 2. The zero-order valence-electron chi connectivity index (χ0n) is 18.5. The molecule has 1 unspecified atom stereocenters. The molecule has 1 aromatic carbocycles. The number of aromatic nitrogens is 1. The van der Waals surface area contributed by atoms with Crippen molar-refractivity contribution in [2.45, 2.75) is 19.4 Å². The van der Waals surface area contributed by atoms with Crippen molar-refractivity contribution in [1.82, 2.24) is 15.2 Å². The third-order valence-electron chi connectivity index (χ3n) is 6.08. The molecule has 0 spiro atoms. The summed E-state index contributed by atoms with van der Waals surface area (Å²) in [5.41, 5.74) is 2.13. The van der Waals surface area contributed by atoms with Gasteiger partial charge in [0.15, 0.2) is 5.82 Å². The topological polar surface area (TPSA) is 86.8 Å². The number of carbonyl (C=O) groups excluding carboxylic acids is 2. The Morgan fingerprint density at radius 1 is 1.31 bits per heavy atom. The van der Waals surface area contributed by atoms with Crippen molar-refractivity contribution in [3.8, 4) is 0 Å². The lowest BCUT2D eigenvalue weighted by molar-refractivity contribution is -0.117. The maximum Gasteiger partial charge on any atom is 0.252 e. The van der Waals surface area contributed by atoms with E-state index >= 15 is 0 Å². The van der Waals surface area contributed by atoms with Crippen molar-refractivity contribution in [2.75, 3.05) is 56.7 Å². The van der Waals surface area contributed by atoms with E-state index in [1.165, 1.54) is 0 Å². The van der Waals surface area contributed by atoms with Crippen molar-refractivity contribution in [3.63, 3.8) is 0 Å². The molecular formula is C24H31N5O3. The van der Waals surface area contributed by atoms with Gasteiger partial charge in [0.25, 0.3) is 5.91 Å². The van der Waals surface area contributed by atoms with Gasteiger partial charge in [-0.05, 0) is 36.9 Å². The van der Waals surface area contributed by atoms with Crippen LogP contribution in [0, 0.1) is 5.92 Å². The lowest BCUT2D eigenvalue weighted by Crippen LogP contribution is -2.42. The number of ether oxygens (including phenoxy) is 1. The summed E-state index contributed by atoms with van der Waals surface area (Å²) in [6, 6.07) is 11.6. The van der Waals surface area contributed by atoms with E-state index in [1.54, 1.807) is 24.3 Å². The predicted molar refractivity (Wildman–Crippen MR) is 124 cm³/mol. The van der Waals surface area contributed by atoms with Gasteiger partial charge < -0.3 is 25.2 Å². The van der Waals surface area contributed by atoms with Gasteiger partial charge in [0.05, 0.1) is 30.9 Å². The van der Waals surface area contributed by atoms with E-state index < -0.39 is 0 Å². The number of benzene rings is 1. The summed E-state index contributed by atoms with van der Waals surface area (Å²) in [6.07, 6.45) is 3.81. The van der Waals surface area contributed by atoms with Crippen LogP contribution in [0.5, 0.6) is 0 Å². The zero-order valence-corrected chi connectivity index (χ0v) is 18.5. The van der Waals surface area contributed by atoms with Gasteiger partial charge in [-0.15, -0.1) is 0 Å². The van der Waals surface area contributed by atoms with Crippen LogP contribution in [0.15, 0.2) is 42.6 Å². The van der Waals surface area contributed by atoms with Crippen LogP contribution in [-0.4, -0.2) is 68.1 Å². The first-order valence-corrected chi connectivity index (χ1v) is 11.2. The molecule has 1 atom stereocenters. The second-order valence-corrected chi connectivity index (χ2v) is 8.42. The Bertz CT molecular complexity index is 936. The first-order chi connectivity index (χ1) is 15.6. The molecule has 2 aliphatic rings. The Morgan fingerprint density at radius 3 is 2.97 bits per heavy atom. The number of anilines is 2. The summed E-state index contributed by atoms with van der Waals surface area (Å²) in [7, 11) is 1.72. The number of fused-ring (bicyclic) bond motifs is 1. The summed E-state index contributed by atoms with van der Waals surface area (Å²) in [4.78, 5) is 34.0. The quantitative estimate of drug-likeness (QED) is 0.658. The van der Waals surface area contributed by atoms with Gasteiger partial charge in [0.2, 0.25) is 5.91 Å². The number of nitrogens with one attached hydrogen (secondary N) is 2. The molecule has 2 aromatic rings. The minimum Gasteiger partial charge on any atom is -0.383 e. The Labute approximate surface area is 188 Å². The standard InChI is InChI=1S/C24H31N5O3/c1-32-11-10-28-9-5-8-19(16-28)13-27-24(31)20-12-21-23(25-14-20)26-15-22(30)29(21)17-18-6-3-2-4-7-18/h2-4,6-7,12,14,19H,5,8-11,13,15-17H2,1H3,(H,25,26)(H,27,31). The van der Waals surface area contributed by atoms with Gasteiger partial charge in [-0.25, -0.2) is 4.98 Å². The highest BCUT2D eigenvalue weighted by Crippen LogP contribution is 2.30. The molecule has 1 saturated heterocycles. The van der Waals surface area contributed by atoms with Gasteiger partial charge in [0.1, 0.15) is 0 Å². The fourth-order valence-electron chi connectivity index (χ4n) is 4.33. The molecule has 0 saturated carbocycles. The molecule has 1 aromatic heterocycles. The predicted octanol–water partition coefficient (Wildman–Crippen LogP) is 2.13.